The van der Waals surface area contributed by atoms with Crippen LogP contribution in [0.1, 0.15) is 64.6 Å². The van der Waals surface area contributed by atoms with Gasteiger partial charge >= 0.3 is 0 Å². The highest BCUT2D eigenvalue weighted by Gasteiger charge is 2.52. The van der Waals surface area contributed by atoms with Crippen LogP contribution in [0.2, 0.25) is 5.02 Å². The number of hydrogen-bond acceptors (Lipinski definition) is 3. The molecule has 3 aliphatic carbocycles. The fraction of sp³-hybridized carbons (Fsp3) is 0.636. The van der Waals surface area contributed by atoms with Gasteiger partial charge in [0.15, 0.2) is 5.82 Å². The number of rotatable bonds is 5. The van der Waals surface area contributed by atoms with Gasteiger partial charge in [0.1, 0.15) is 11.6 Å². The molecular formula is C22H30ClN3O. The lowest BCUT2D eigenvalue weighted by Crippen LogP contribution is -2.49. The lowest BCUT2D eigenvalue weighted by atomic mass is 9.51. The van der Waals surface area contributed by atoms with Gasteiger partial charge in [0.25, 0.3) is 0 Å². The summed E-state index contributed by atoms with van der Waals surface area (Å²) in [6.45, 7) is 4.72. The summed E-state index contributed by atoms with van der Waals surface area (Å²) >= 11 is 6.39. The molecule has 5 rings (SSSR count). The Bertz CT molecular complexity index is 823. The Morgan fingerprint density at radius 1 is 1.30 bits per heavy atom. The Balaban J connectivity index is 1.76. The SMILES string of the molecule is CCCC(C)C1CC2CCC1(c1nnc(-c3ccc(O)cc3Cl)n1C)CC2. The summed E-state index contributed by atoms with van der Waals surface area (Å²) in [5.41, 5.74) is 0.974. The van der Waals surface area contributed by atoms with Gasteiger partial charge in [-0.25, -0.2) is 0 Å². The molecular weight excluding hydrogens is 358 g/mol. The Hall–Kier alpha value is -1.55. The molecule has 2 aromatic rings. The number of halogens is 1. The van der Waals surface area contributed by atoms with Crippen molar-refractivity contribution in [1.82, 2.24) is 14.8 Å². The number of fused-ring (bicyclic) bond motifs is 3. The molecule has 2 bridgehead atoms. The van der Waals surface area contributed by atoms with Crippen molar-refractivity contribution in [3.63, 3.8) is 0 Å². The van der Waals surface area contributed by atoms with Crippen molar-refractivity contribution in [2.45, 2.75) is 64.2 Å². The third-order valence-electron chi connectivity index (χ3n) is 7.24. The molecule has 1 N–H and O–H groups in total. The molecule has 0 spiro atoms. The molecule has 2 unspecified atom stereocenters. The van der Waals surface area contributed by atoms with Crippen LogP contribution in [0.4, 0.5) is 0 Å². The molecule has 1 aromatic heterocycles. The van der Waals surface area contributed by atoms with E-state index >= 15 is 0 Å². The summed E-state index contributed by atoms with van der Waals surface area (Å²) in [6, 6.07) is 5.06. The number of benzene rings is 1. The Kier molecular flexibility index (Phi) is 4.96. The molecule has 0 radical (unpaired) electrons. The molecule has 0 amide bonds. The molecule has 3 saturated carbocycles. The van der Waals surface area contributed by atoms with Crippen LogP contribution < -0.4 is 0 Å². The average molecular weight is 388 g/mol. The van der Waals surface area contributed by atoms with E-state index in [2.05, 4.69) is 30.6 Å². The number of hydrogen-bond donors (Lipinski definition) is 1. The van der Waals surface area contributed by atoms with Gasteiger partial charge in [0.05, 0.1) is 5.02 Å². The van der Waals surface area contributed by atoms with E-state index in [1.165, 1.54) is 44.9 Å². The van der Waals surface area contributed by atoms with Crippen molar-refractivity contribution in [3.8, 4) is 17.1 Å². The Morgan fingerprint density at radius 2 is 2.04 bits per heavy atom. The van der Waals surface area contributed by atoms with Crippen molar-refractivity contribution < 1.29 is 5.11 Å². The van der Waals surface area contributed by atoms with Crippen molar-refractivity contribution in [2.75, 3.05) is 0 Å². The normalized spacial score (nSPS) is 28.4. The fourth-order valence-corrected chi connectivity index (χ4v) is 6.15. The zero-order valence-electron chi connectivity index (χ0n) is 16.6. The lowest BCUT2D eigenvalue weighted by Gasteiger charge is -2.53. The Morgan fingerprint density at radius 3 is 2.70 bits per heavy atom. The first-order chi connectivity index (χ1) is 13.0. The molecule has 3 fully saturated rings. The summed E-state index contributed by atoms with van der Waals surface area (Å²) in [5.74, 6) is 4.40. The minimum absolute atomic E-state index is 0.146. The van der Waals surface area contributed by atoms with Crippen molar-refractivity contribution >= 4 is 11.6 Å². The molecule has 0 saturated heterocycles. The van der Waals surface area contributed by atoms with Crippen molar-refractivity contribution in [1.29, 1.82) is 0 Å². The maximum Gasteiger partial charge on any atom is 0.165 e. The average Bonchev–Trinajstić information content (AvgIpc) is 3.04. The van der Waals surface area contributed by atoms with E-state index in [9.17, 15) is 5.11 Å². The molecule has 3 aliphatic rings. The van der Waals surface area contributed by atoms with Crippen LogP contribution in [-0.4, -0.2) is 19.9 Å². The van der Waals surface area contributed by atoms with Crippen LogP contribution in [0.25, 0.3) is 11.4 Å². The van der Waals surface area contributed by atoms with Crippen molar-refractivity contribution in [2.24, 2.45) is 24.8 Å². The van der Waals surface area contributed by atoms with Gasteiger partial charge in [-0.05, 0) is 68.1 Å². The minimum Gasteiger partial charge on any atom is -0.508 e. The lowest BCUT2D eigenvalue weighted by molar-refractivity contribution is 0.0177. The second kappa shape index (κ2) is 7.12. The Labute approximate surface area is 167 Å². The first-order valence-electron chi connectivity index (χ1n) is 10.3. The summed E-state index contributed by atoms with van der Waals surface area (Å²) in [6.07, 6.45) is 8.95. The third kappa shape index (κ3) is 3.06. The van der Waals surface area contributed by atoms with E-state index in [1.807, 2.05) is 6.07 Å². The number of nitrogens with zero attached hydrogens (tertiary/aromatic N) is 3. The number of aromatic hydroxyl groups is 1. The van der Waals surface area contributed by atoms with Gasteiger partial charge in [-0.1, -0.05) is 38.3 Å². The van der Waals surface area contributed by atoms with Gasteiger partial charge < -0.3 is 9.67 Å². The van der Waals surface area contributed by atoms with Gasteiger partial charge in [-0.2, -0.15) is 0 Å². The van der Waals surface area contributed by atoms with Gasteiger partial charge in [-0.15, -0.1) is 10.2 Å². The standard InChI is InChI=1S/C22H30ClN3O/c1-4-5-14(2)18-12-15-8-10-22(18,11-9-15)21-25-24-20(26(21)3)17-7-6-16(27)13-19(17)23/h6-7,13-15,18,27H,4-5,8-12H2,1-3H3. The molecule has 0 aliphatic heterocycles. The minimum atomic E-state index is 0.146. The van der Waals surface area contributed by atoms with Crippen LogP contribution in [0.3, 0.4) is 0 Å². The second-order valence-corrected chi connectivity index (χ2v) is 9.19. The van der Waals surface area contributed by atoms with Gasteiger partial charge in [0, 0.05) is 18.0 Å². The van der Waals surface area contributed by atoms with Crippen LogP contribution in [0.15, 0.2) is 18.2 Å². The molecule has 146 valence electrons. The largest absolute Gasteiger partial charge is 0.508 e. The molecule has 1 heterocycles. The second-order valence-electron chi connectivity index (χ2n) is 8.78. The zero-order valence-corrected chi connectivity index (χ0v) is 17.3. The zero-order chi connectivity index (χ0) is 19.2. The predicted octanol–water partition coefficient (Wildman–Crippen LogP) is 5.73. The van der Waals surface area contributed by atoms with E-state index in [4.69, 9.17) is 16.7 Å². The van der Waals surface area contributed by atoms with Crippen LogP contribution in [-0.2, 0) is 12.5 Å². The number of phenols is 1. The van der Waals surface area contributed by atoms with E-state index in [-0.39, 0.29) is 11.2 Å². The predicted molar refractivity (Wildman–Crippen MR) is 109 cm³/mol. The maximum atomic E-state index is 9.67. The monoisotopic (exact) mass is 387 g/mol. The van der Waals surface area contributed by atoms with E-state index < -0.39 is 0 Å². The smallest absolute Gasteiger partial charge is 0.165 e. The van der Waals surface area contributed by atoms with Crippen LogP contribution in [0, 0.1) is 17.8 Å². The molecule has 27 heavy (non-hydrogen) atoms. The summed E-state index contributed by atoms with van der Waals surface area (Å²) < 4.78 is 2.16. The number of aromatic nitrogens is 3. The first-order valence-corrected chi connectivity index (χ1v) is 10.7. The third-order valence-corrected chi connectivity index (χ3v) is 7.55. The highest BCUT2D eigenvalue weighted by atomic mass is 35.5. The highest BCUT2D eigenvalue weighted by Crippen LogP contribution is 2.57. The number of phenolic OH excluding ortho intramolecular Hbond substituents is 1. The van der Waals surface area contributed by atoms with Crippen molar-refractivity contribution in [3.05, 3.63) is 29.0 Å². The quantitative estimate of drug-likeness (QED) is 0.713. The molecule has 4 nitrogen and oxygen atoms in total. The molecule has 2 atom stereocenters. The fourth-order valence-electron chi connectivity index (χ4n) is 5.89. The van der Waals surface area contributed by atoms with Crippen LogP contribution in [0.5, 0.6) is 5.75 Å². The van der Waals surface area contributed by atoms with E-state index in [0.717, 1.165) is 29.0 Å². The maximum absolute atomic E-state index is 9.67. The van der Waals surface area contributed by atoms with Crippen LogP contribution >= 0.6 is 11.6 Å². The van der Waals surface area contributed by atoms with E-state index in [0.29, 0.717) is 10.9 Å². The molecule has 5 heteroatoms. The molecule has 1 aromatic carbocycles. The van der Waals surface area contributed by atoms with E-state index in [1.54, 1.807) is 12.1 Å². The first kappa shape index (κ1) is 18.8. The van der Waals surface area contributed by atoms with Gasteiger partial charge in [-0.3, -0.25) is 0 Å². The summed E-state index contributed by atoms with van der Waals surface area (Å²) in [4.78, 5) is 0. The summed E-state index contributed by atoms with van der Waals surface area (Å²) in [7, 11) is 2.07. The van der Waals surface area contributed by atoms with Gasteiger partial charge in [0.2, 0.25) is 0 Å². The topological polar surface area (TPSA) is 50.9 Å². The summed E-state index contributed by atoms with van der Waals surface area (Å²) in [5, 5.41) is 19.5. The highest BCUT2D eigenvalue weighted by molar-refractivity contribution is 6.33.